The van der Waals surface area contributed by atoms with Gasteiger partial charge < -0.3 is 4.57 Å². The fourth-order valence-electron chi connectivity index (χ4n) is 2.56. The summed E-state index contributed by atoms with van der Waals surface area (Å²) < 4.78 is 2.20. The van der Waals surface area contributed by atoms with Crippen LogP contribution in [0.3, 0.4) is 0 Å². The van der Waals surface area contributed by atoms with Crippen molar-refractivity contribution in [2.75, 3.05) is 0 Å². The molecule has 3 rings (SSSR count). The van der Waals surface area contributed by atoms with Crippen molar-refractivity contribution in [2.24, 2.45) is 0 Å². The van der Waals surface area contributed by atoms with Gasteiger partial charge in [-0.25, -0.2) is 4.98 Å². The van der Waals surface area contributed by atoms with Crippen LogP contribution < -0.4 is 0 Å². The molecule has 1 aromatic carbocycles. The number of hydrogen-bond acceptors (Lipinski definition) is 2. The normalized spacial score (nSPS) is 12.9. The first-order valence-electron chi connectivity index (χ1n) is 6.43. The van der Waals surface area contributed by atoms with Crippen LogP contribution in [0.4, 0.5) is 0 Å². The van der Waals surface area contributed by atoms with Crippen LogP contribution in [0.2, 0.25) is 5.02 Å². The number of alkyl halides is 1. The van der Waals surface area contributed by atoms with Crippen LogP contribution in [0.5, 0.6) is 0 Å². The van der Waals surface area contributed by atoms with E-state index in [-0.39, 0.29) is 0 Å². The molecule has 0 fully saturated rings. The van der Waals surface area contributed by atoms with Gasteiger partial charge in [0.15, 0.2) is 0 Å². The lowest BCUT2D eigenvalue weighted by Gasteiger charge is -2.16. The first kappa shape index (κ1) is 13.9. The number of aromatic nitrogens is 2. The number of thiophene rings is 1. The Hall–Kier alpha value is -1.03. The molecule has 3 aromatic rings. The minimum atomic E-state index is 0.293. The third-order valence-electron chi connectivity index (χ3n) is 3.42. The monoisotopic (exact) mass is 324 g/mol. The van der Waals surface area contributed by atoms with E-state index in [9.17, 15) is 0 Å². The predicted octanol–water partition coefficient (Wildman–Crippen LogP) is 5.29. The molecule has 5 heteroatoms. The second kappa shape index (κ2) is 5.76. The summed E-state index contributed by atoms with van der Waals surface area (Å²) in [5, 5.41) is 4.96. The van der Waals surface area contributed by atoms with E-state index in [2.05, 4.69) is 33.3 Å². The highest BCUT2D eigenvalue weighted by Crippen LogP contribution is 2.29. The third-order valence-corrected chi connectivity index (χ3v) is 4.69. The topological polar surface area (TPSA) is 17.8 Å². The number of rotatable bonds is 4. The van der Waals surface area contributed by atoms with E-state index in [1.807, 2.05) is 18.2 Å². The molecule has 0 spiro atoms. The fourth-order valence-corrected chi connectivity index (χ4v) is 3.64. The maximum Gasteiger partial charge on any atom is 0.125 e. The van der Waals surface area contributed by atoms with E-state index in [1.54, 1.807) is 11.3 Å². The fraction of sp³-hybridized carbons (Fsp3) is 0.267. The zero-order valence-electron chi connectivity index (χ0n) is 11.0. The van der Waals surface area contributed by atoms with Crippen LogP contribution in [0, 0.1) is 0 Å². The summed E-state index contributed by atoms with van der Waals surface area (Å²) in [5.41, 5.74) is 3.23. The molecule has 20 heavy (non-hydrogen) atoms. The van der Waals surface area contributed by atoms with Crippen molar-refractivity contribution in [3.63, 3.8) is 0 Å². The van der Waals surface area contributed by atoms with Crippen LogP contribution in [0.15, 0.2) is 35.0 Å². The van der Waals surface area contributed by atoms with Crippen LogP contribution >= 0.6 is 34.5 Å². The summed E-state index contributed by atoms with van der Waals surface area (Å²) in [6.07, 6.45) is 0.964. The Morgan fingerprint density at radius 1 is 1.35 bits per heavy atom. The van der Waals surface area contributed by atoms with Gasteiger partial charge in [-0.3, -0.25) is 0 Å². The number of fused-ring (bicyclic) bond motifs is 1. The van der Waals surface area contributed by atoms with Gasteiger partial charge >= 0.3 is 0 Å². The average molecular weight is 325 g/mol. The SMILES string of the molecule is CC(Cc1ccsc1)n1c(CCl)nc2c(Cl)cccc21. The van der Waals surface area contributed by atoms with Crippen molar-refractivity contribution >= 4 is 45.6 Å². The molecule has 0 bridgehead atoms. The molecule has 0 N–H and O–H groups in total. The van der Waals surface area contributed by atoms with Gasteiger partial charge in [-0.1, -0.05) is 17.7 Å². The number of benzene rings is 1. The highest BCUT2D eigenvalue weighted by Gasteiger charge is 2.17. The highest BCUT2D eigenvalue weighted by atomic mass is 35.5. The summed E-state index contributed by atoms with van der Waals surface area (Å²) in [6.45, 7) is 2.19. The zero-order valence-corrected chi connectivity index (χ0v) is 13.3. The van der Waals surface area contributed by atoms with Crippen molar-refractivity contribution in [1.29, 1.82) is 0 Å². The number of para-hydroxylation sites is 1. The van der Waals surface area contributed by atoms with Crippen molar-refractivity contribution in [2.45, 2.75) is 25.3 Å². The number of imidazole rings is 1. The lowest BCUT2D eigenvalue weighted by atomic mass is 10.1. The molecule has 1 unspecified atom stereocenters. The molecule has 0 aliphatic carbocycles. The van der Waals surface area contributed by atoms with Gasteiger partial charge in [-0.15, -0.1) is 11.6 Å². The lowest BCUT2D eigenvalue weighted by Crippen LogP contribution is -2.10. The molecule has 2 heterocycles. The Labute approximate surface area is 132 Å². The van der Waals surface area contributed by atoms with E-state index in [0.717, 1.165) is 23.3 Å². The second-order valence-corrected chi connectivity index (χ2v) is 6.28. The van der Waals surface area contributed by atoms with Crippen molar-refractivity contribution in [1.82, 2.24) is 9.55 Å². The molecule has 1 atom stereocenters. The van der Waals surface area contributed by atoms with Crippen molar-refractivity contribution < 1.29 is 0 Å². The van der Waals surface area contributed by atoms with Crippen LogP contribution in [0.25, 0.3) is 11.0 Å². The quantitative estimate of drug-likeness (QED) is 0.596. The Morgan fingerprint density at radius 3 is 2.90 bits per heavy atom. The van der Waals surface area contributed by atoms with E-state index in [0.29, 0.717) is 16.9 Å². The van der Waals surface area contributed by atoms with E-state index in [1.165, 1.54) is 5.56 Å². The molecule has 0 amide bonds. The lowest BCUT2D eigenvalue weighted by molar-refractivity contribution is 0.544. The molecule has 2 aromatic heterocycles. The van der Waals surface area contributed by atoms with Crippen molar-refractivity contribution in [3.8, 4) is 0 Å². The molecule has 0 aliphatic heterocycles. The second-order valence-electron chi connectivity index (χ2n) is 4.82. The maximum atomic E-state index is 6.23. The molecular formula is C15H14Cl2N2S. The number of nitrogens with zero attached hydrogens (tertiary/aromatic N) is 2. The summed E-state index contributed by atoms with van der Waals surface area (Å²) >= 11 is 14.0. The van der Waals surface area contributed by atoms with Crippen LogP contribution in [-0.4, -0.2) is 9.55 Å². The van der Waals surface area contributed by atoms with Crippen LogP contribution in [0.1, 0.15) is 24.4 Å². The van der Waals surface area contributed by atoms with E-state index < -0.39 is 0 Å². The summed E-state index contributed by atoms with van der Waals surface area (Å²) in [4.78, 5) is 4.58. The van der Waals surface area contributed by atoms with Gasteiger partial charge in [0.2, 0.25) is 0 Å². The molecule has 2 nitrogen and oxygen atoms in total. The van der Waals surface area contributed by atoms with Gasteiger partial charge in [0, 0.05) is 6.04 Å². The number of halogens is 2. The van der Waals surface area contributed by atoms with Gasteiger partial charge in [-0.2, -0.15) is 11.3 Å². The Kier molecular flexibility index (Phi) is 4.01. The third kappa shape index (κ3) is 2.46. The Morgan fingerprint density at radius 2 is 2.20 bits per heavy atom. The first-order chi connectivity index (χ1) is 9.70. The van der Waals surface area contributed by atoms with E-state index >= 15 is 0 Å². The van der Waals surface area contributed by atoms with Gasteiger partial charge in [0.05, 0.1) is 16.4 Å². The summed E-state index contributed by atoms with van der Waals surface area (Å²) in [7, 11) is 0. The highest BCUT2D eigenvalue weighted by molar-refractivity contribution is 7.07. The Balaban J connectivity index is 2.07. The molecular weight excluding hydrogens is 311 g/mol. The largest absolute Gasteiger partial charge is 0.324 e. The van der Waals surface area contributed by atoms with Crippen molar-refractivity contribution in [3.05, 3.63) is 51.4 Å². The molecule has 0 saturated carbocycles. The summed E-state index contributed by atoms with van der Waals surface area (Å²) in [6, 6.07) is 8.32. The minimum Gasteiger partial charge on any atom is -0.324 e. The molecule has 104 valence electrons. The van der Waals surface area contributed by atoms with E-state index in [4.69, 9.17) is 23.2 Å². The smallest absolute Gasteiger partial charge is 0.125 e. The predicted molar refractivity (Wildman–Crippen MR) is 87.0 cm³/mol. The van der Waals surface area contributed by atoms with Gasteiger partial charge in [-0.05, 0) is 47.9 Å². The number of hydrogen-bond donors (Lipinski definition) is 0. The van der Waals surface area contributed by atoms with Gasteiger partial charge in [0.25, 0.3) is 0 Å². The zero-order chi connectivity index (χ0) is 14.1. The minimum absolute atomic E-state index is 0.293. The molecule has 0 aliphatic rings. The summed E-state index contributed by atoms with van der Waals surface area (Å²) in [5.74, 6) is 1.26. The average Bonchev–Trinajstić information content (AvgIpc) is 3.05. The Bertz CT molecular complexity index is 719. The maximum absolute atomic E-state index is 6.23. The first-order valence-corrected chi connectivity index (χ1v) is 8.28. The van der Waals surface area contributed by atoms with Gasteiger partial charge in [0.1, 0.15) is 11.3 Å². The molecule has 0 radical (unpaired) electrons. The standard InChI is InChI=1S/C15H14Cl2N2S/c1-10(7-11-5-6-20-9-11)19-13-4-2-3-12(17)15(13)18-14(19)8-16/h2-6,9-10H,7-8H2,1H3. The van der Waals surface area contributed by atoms with Crippen LogP contribution in [-0.2, 0) is 12.3 Å². The molecule has 0 saturated heterocycles.